The third-order valence-electron chi connectivity index (χ3n) is 3.72. The highest BCUT2D eigenvalue weighted by Gasteiger charge is 2.33. The minimum Gasteiger partial charge on any atom is -0.497 e. The zero-order valence-corrected chi connectivity index (χ0v) is 13.3. The summed E-state index contributed by atoms with van der Waals surface area (Å²) in [5.41, 5.74) is 0.844. The Labute approximate surface area is 137 Å². The van der Waals surface area contributed by atoms with Crippen molar-refractivity contribution in [3.63, 3.8) is 0 Å². The molecule has 1 saturated heterocycles. The molecule has 3 rings (SSSR count). The van der Waals surface area contributed by atoms with Crippen LogP contribution >= 0.6 is 11.8 Å². The molecular formula is C17H15F2NO2S. The highest BCUT2D eigenvalue weighted by atomic mass is 32.2. The highest BCUT2D eigenvalue weighted by molar-refractivity contribution is 7.99. The molecule has 0 saturated carbocycles. The molecular weight excluding hydrogens is 320 g/mol. The molecule has 0 N–H and O–H groups in total. The summed E-state index contributed by atoms with van der Waals surface area (Å²) in [5.74, 6) is -0.0484. The van der Waals surface area contributed by atoms with E-state index in [1.807, 2.05) is 0 Å². The van der Waals surface area contributed by atoms with Gasteiger partial charge in [0, 0.05) is 29.5 Å². The van der Waals surface area contributed by atoms with Gasteiger partial charge in [-0.1, -0.05) is 6.07 Å². The van der Waals surface area contributed by atoms with Crippen molar-refractivity contribution in [1.29, 1.82) is 0 Å². The fraction of sp³-hybridized carbons (Fsp3) is 0.235. The number of benzene rings is 2. The molecule has 1 amide bonds. The lowest BCUT2D eigenvalue weighted by molar-refractivity contribution is 0.0759. The van der Waals surface area contributed by atoms with Crippen LogP contribution in [-0.4, -0.2) is 30.2 Å². The zero-order chi connectivity index (χ0) is 16.4. The number of nitrogens with zero attached hydrogens (tertiary/aromatic N) is 1. The van der Waals surface area contributed by atoms with Gasteiger partial charge in [-0.05, 0) is 30.3 Å². The van der Waals surface area contributed by atoms with Gasteiger partial charge in [0.15, 0.2) is 0 Å². The van der Waals surface area contributed by atoms with Crippen LogP contribution in [0.4, 0.5) is 8.78 Å². The largest absolute Gasteiger partial charge is 0.497 e. The average Bonchev–Trinajstić information content (AvgIpc) is 3.03. The molecule has 1 fully saturated rings. The molecule has 3 nitrogen and oxygen atoms in total. The van der Waals surface area contributed by atoms with Gasteiger partial charge in [0.1, 0.15) is 22.8 Å². The second-order valence-electron chi connectivity index (χ2n) is 5.12. The van der Waals surface area contributed by atoms with Gasteiger partial charge in [-0.15, -0.1) is 11.8 Å². The van der Waals surface area contributed by atoms with Crippen molar-refractivity contribution in [2.24, 2.45) is 0 Å². The fourth-order valence-electron chi connectivity index (χ4n) is 2.54. The minimum atomic E-state index is -0.628. The number of rotatable bonds is 3. The van der Waals surface area contributed by atoms with Crippen molar-refractivity contribution in [1.82, 2.24) is 4.90 Å². The summed E-state index contributed by atoms with van der Waals surface area (Å²) in [7, 11) is 1.56. The van der Waals surface area contributed by atoms with Gasteiger partial charge in [0.25, 0.3) is 5.91 Å². The van der Waals surface area contributed by atoms with E-state index in [0.717, 1.165) is 6.07 Å². The van der Waals surface area contributed by atoms with Gasteiger partial charge in [0.05, 0.1) is 7.11 Å². The third-order valence-corrected chi connectivity index (χ3v) is 4.96. The first-order chi connectivity index (χ1) is 11.1. The van der Waals surface area contributed by atoms with Crippen LogP contribution in [-0.2, 0) is 0 Å². The first kappa shape index (κ1) is 15.8. The Bertz CT molecular complexity index is 721. The third kappa shape index (κ3) is 3.17. The Kier molecular flexibility index (Phi) is 4.52. The summed E-state index contributed by atoms with van der Waals surface area (Å²) < 4.78 is 32.2. The van der Waals surface area contributed by atoms with E-state index in [1.165, 1.54) is 23.9 Å². The lowest BCUT2D eigenvalue weighted by atomic mass is 10.1. The minimum absolute atomic E-state index is 0.175. The van der Waals surface area contributed by atoms with Crippen LogP contribution in [0.2, 0.25) is 0 Å². The van der Waals surface area contributed by atoms with Crippen LogP contribution in [0.5, 0.6) is 5.75 Å². The Morgan fingerprint density at radius 2 is 1.96 bits per heavy atom. The lowest BCUT2D eigenvalue weighted by Gasteiger charge is -2.24. The van der Waals surface area contributed by atoms with Gasteiger partial charge in [-0.25, -0.2) is 8.78 Å². The number of carbonyl (C=O) groups excluding carboxylic acids is 1. The normalized spacial score (nSPS) is 17.3. The number of methoxy groups -OCH3 is 1. The summed E-state index contributed by atoms with van der Waals surface area (Å²) in [6.07, 6.45) is 0. The van der Waals surface area contributed by atoms with Crippen molar-refractivity contribution in [3.05, 3.63) is 65.2 Å². The number of amides is 1. The molecule has 0 unspecified atom stereocenters. The maximum absolute atomic E-state index is 14.0. The number of hydrogen-bond acceptors (Lipinski definition) is 3. The number of hydrogen-bond donors (Lipinski definition) is 0. The van der Waals surface area contributed by atoms with Crippen LogP contribution in [0, 0.1) is 11.6 Å². The molecule has 1 aliphatic heterocycles. The number of thioether (sulfide) groups is 1. The molecule has 2 aromatic carbocycles. The van der Waals surface area contributed by atoms with Crippen molar-refractivity contribution < 1.29 is 18.3 Å². The van der Waals surface area contributed by atoms with E-state index in [1.54, 1.807) is 36.3 Å². The SMILES string of the molecule is COc1ccc(C(=O)N2CCS[C@H]2c2ccc(F)cc2F)cc1. The van der Waals surface area contributed by atoms with E-state index >= 15 is 0 Å². The summed E-state index contributed by atoms with van der Waals surface area (Å²) >= 11 is 1.47. The van der Waals surface area contributed by atoms with Crippen LogP contribution in [0.15, 0.2) is 42.5 Å². The Morgan fingerprint density at radius 1 is 1.22 bits per heavy atom. The van der Waals surface area contributed by atoms with Crippen LogP contribution in [0.3, 0.4) is 0 Å². The van der Waals surface area contributed by atoms with Gasteiger partial charge in [-0.2, -0.15) is 0 Å². The van der Waals surface area contributed by atoms with E-state index in [4.69, 9.17) is 4.74 Å². The highest BCUT2D eigenvalue weighted by Crippen LogP contribution is 2.40. The smallest absolute Gasteiger partial charge is 0.255 e. The van der Waals surface area contributed by atoms with Crippen molar-refractivity contribution in [3.8, 4) is 5.75 Å². The van der Waals surface area contributed by atoms with Crippen LogP contribution in [0.1, 0.15) is 21.3 Å². The molecule has 0 aromatic heterocycles. The molecule has 2 aromatic rings. The van der Waals surface area contributed by atoms with Crippen molar-refractivity contribution in [2.75, 3.05) is 19.4 Å². The van der Waals surface area contributed by atoms with E-state index in [-0.39, 0.29) is 5.91 Å². The molecule has 23 heavy (non-hydrogen) atoms. The maximum atomic E-state index is 14.0. The quantitative estimate of drug-likeness (QED) is 0.853. The van der Waals surface area contributed by atoms with Gasteiger partial charge in [-0.3, -0.25) is 4.79 Å². The number of halogens is 2. The predicted molar refractivity (Wildman–Crippen MR) is 85.6 cm³/mol. The number of carbonyl (C=O) groups is 1. The average molecular weight is 335 g/mol. The topological polar surface area (TPSA) is 29.5 Å². The Balaban J connectivity index is 1.86. The molecule has 1 heterocycles. The Hall–Kier alpha value is -2.08. The van der Waals surface area contributed by atoms with Crippen molar-refractivity contribution in [2.45, 2.75) is 5.37 Å². The van der Waals surface area contributed by atoms with Gasteiger partial charge in [0.2, 0.25) is 0 Å². The monoisotopic (exact) mass is 335 g/mol. The first-order valence-electron chi connectivity index (χ1n) is 7.11. The lowest BCUT2D eigenvalue weighted by Crippen LogP contribution is -2.30. The molecule has 0 radical (unpaired) electrons. The van der Waals surface area contributed by atoms with Crippen molar-refractivity contribution >= 4 is 17.7 Å². The molecule has 1 aliphatic rings. The second kappa shape index (κ2) is 6.58. The number of ether oxygens (including phenoxy) is 1. The standard InChI is InChI=1S/C17H15F2NO2S/c1-22-13-5-2-11(3-6-13)16(21)20-8-9-23-17(20)14-7-4-12(18)10-15(14)19/h2-7,10,17H,8-9H2,1H3/t17-/m0/s1. The Morgan fingerprint density at radius 3 is 2.61 bits per heavy atom. The van der Waals surface area contributed by atoms with Gasteiger partial charge >= 0.3 is 0 Å². The predicted octanol–water partition coefficient (Wildman–Crippen LogP) is 3.86. The molecule has 1 atom stereocenters. The van der Waals surface area contributed by atoms with Crippen LogP contribution in [0.25, 0.3) is 0 Å². The molecule has 0 spiro atoms. The van der Waals surface area contributed by atoms with Crippen LogP contribution < -0.4 is 4.74 Å². The fourth-order valence-corrected chi connectivity index (χ4v) is 3.81. The van der Waals surface area contributed by atoms with Gasteiger partial charge < -0.3 is 9.64 Å². The van der Waals surface area contributed by atoms with E-state index in [2.05, 4.69) is 0 Å². The molecule has 0 aliphatic carbocycles. The molecule has 6 heteroatoms. The second-order valence-corrected chi connectivity index (χ2v) is 6.30. The first-order valence-corrected chi connectivity index (χ1v) is 8.16. The summed E-state index contributed by atoms with van der Waals surface area (Å²) in [6.45, 7) is 0.525. The maximum Gasteiger partial charge on any atom is 0.255 e. The van der Waals surface area contributed by atoms with E-state index in [9.17, 15) is 13.6 Å². The zero-order valence-electron chi connectivity index (χ0n) is 12.5. The molecule has 0 bridgehead atoms. The van der Waals surface area contributed by atoms with E-state index < -0.39 is 17.0 Å². The summed E-state index contributed by atoms with van der Waals surface area (Å²) in [6, 6.07) is 10.3. The molecule has 120 valence electrons. The summed E-state index contributed by atoms with van der Waals surface area (Å²) in [5, 5.41) is -0.440. The van der Waals surface area contributed by atoms with E-state index in [0.29, 0.717) is 29.2 Å². The summed E-state index contributed by atoms with van der Waals surface area (Å²) in [4.78, 5) is 14.3.